The summed E-state index contributed by atoms with van der Waals surface area (Å²) >= 11 is 5.95. The third kappa shape index (κ3) is 4.56. The number of carbonyl (C=O) groups is 1. The lowest BCUT2D eigenvalue weighted by Gasteiger charge is -2.19. The number of nitrogens with one attached hydrogen (secondary N) is 2. The molecular formula is C19H21ClFN2O+. The number of quaternary nitrogens is 1. The van der Waals surface area contributed by atoms with E-state index in [0.29, 0.717) is 17.6 Å². The zero-order valence-electron chi connectivity index (χ0n) is 13.6. The molecule has 0 aromatic heterocycles. The van der Waals surface area contributed by atoms with E-state index in [-0.39, 0.29) is 11.7 Å². The second kappa shape index (κ2) is 7.32. The van der Waals surface area contributed by atoms with Gasteiger partial charge in [-0.2, -0.15) is 0 Å². The molecule has 1 amide bonds. The summed E-state index contributed by atoms with van der Waals surface area (Å²) in [6.45, 7) is 3.06. The average molecular weight is 348 g/mol. The van der Waals surface area contributed by atoms with Gasteiger partial charge in [-0.25, -0.2) is 4.39 Å². The molecule has 1 saturated carbocycles. The fourth-order valence-corrected chi connectivity index (χ4v) is 3.10. The summed E-state index contributed by atoms with van der Waals surface area (Å²) in [5.41, 5.74) is 2.79. The number of aryl methyl sites for hydroxylation is 1. The first-order valence-corrected chi connectivity index (χ1v) is 8.54. The summed E-state index contributed by atoms with van der Waals surface area (Å²) in [5, 5.41) is 3.63. The molecule has 1 unspecified atom stereocenters. The summed E-state index contributed by atoms with van der Waals surface area (Å²) in [4.78, 5) is 13.6. The summed E-state index contributed by atoms with van der Waals surface area (Å²) in [5.74, 6) is -0.243. The highest BCUT2D eigenvalue weighted by Gasteiger charge is 2.34. The van der Waals surface area contributed by atoms with Crippen molar-refractivity contribution >= 4 is 23.2 Å². The number of carbonyl (C=O) groups excluding carboxylic acids is 1. The van der Waals surface area contributed by atoms with Crippen LogP contribution in [0.25, 0.3) is 0 Å². The van der Waals surface area contributed by atoms with Gasteiger partial charge < -0.3 is 10.2 Å². The van der Waals surface area contributed by atoms with Gasteiger partial charge in [0.15, 0.2) is 6.54 Å². The maximum absolute atomic E-state index is 13.0. The third-order valence-electron chi connectivity index (χ3n) is 4.35. The van der Waals surface area contributed by atoms with Crippen LogP contribution in [0.5, 0.6) is 0 Å². The van der Waals surface area contributed by atoms with Gasteiger partial charge in [0, 0.05) is 29.1 Å². The second-order valence-corrected chi connectivity index (χ2v) is 6.86. The van der Waals surface area contributed by atoms with Gasteiger partial charge in [0.2, 0.25) is 0 Å². The van der Waals surface area contributed by atoms with E-state index in [9.17, 15) is 9.18 Å². The normalized spacial score (nSPS) is 15.1. The molecule has 24 heavy (non-hydrogen) atoms. The van der Waals surface area contributed by atoms with Crippen LogP contribution in [0.3, 0.4) is 0 Å². The van der Waals surface area contributed by atoms with Crippen LogP contribution in [0, 0.1) is 12.7 Å². The minimum absolute atomic E-state index is 0.00978. The van der Waals surface area contributed by atoms with Crippen LogP contribution in [0.4, 0.5) is 10.1 Å². The Hall–Kier alpha value is -1.91. The Bertz CT molecular complexity index is 729. The van der Waals surface area contributed by atoms with Gasteiger partial charge >= 0.3 is 0 Å². The zero-order valence-corrected chi connectivity index (χ0v) is 14.4. The highest BCUT2D eigenvalue weighted by molar-refractivity contribution is 6.30. The van der Waals surface area contributed by atoms with Crippen molar-refractivity contribution in [3.05, 3.63) is 64.4 Å². The van der Waals surface area contributed by atoms with Crippen LogP contribution in [0.15, 0.2) is 42.5 Å². The predicted molar refractivity (Wildman–Crippen MR) is 93.8 cm³/mol. The molecule has 2 aromatic carbocycles. The Labute approximate surface area is 146 Å². The topological polar surface area (TPSA) is 33.5 Å². The zero-order chi connectivity index (χ0) is 17.1. The largest absolute Gasteiger partial charge is 0.321 e. The molecule has 1 aliphatic rings. The van der Waals surface area contributed by atoms with E-state index >= 15 is 0 Å². The third-order valence-corrected chi connectivity index (χ3v) is 4.58. The van der Waals surface area contributed by atoms with Crippen molar-refractivity contribution in [1.82, 2.24) is 0 Å². The first-order valence-electron chi connectivity index (χ1n) is 8.16. The predicted octanol–water partition coefficient (Wildman–Crippen LogP) is 2.97. The van der Waals surface area contributed by atoms with Gasteiger partial charge in [0.05, 0.1) is 6.04 Å². The van der Waals surface area contributed by atoms with Crippen LogP contribution in [-0.2, 0) is 11.3 Å². The Morgan fingerprint density at radius 1 is 1.25 bits per heavy atom. The Morgan fingerprint density at radius 2 is 1.96 bits per heavy atom. The molecule has 1 aliphatic carbocycles. The molecule has 126 valence electrons. The Balaban J connectivity index is 1.62. The Kier molecular flexibility index (Phi) is 5.17. The number of benzene rings is 2. The molecule has 0 spiro atoms. The number of rotatable bonds is 6. The quantitative estimate of drug-likeness (QED) is 0.827. The summed E-state index contributed by atoms with van der Waals surface area (Å²) in [6, 6.07) is 12.5. The lowest BCUT2D eigenvalue weighted by atomic mass is 10.2. The molecule has 2 N–H and O–H groups in total. The van der Waals surface area contributed by atoms with Gasteiger partial charge in [-0.15, -0.1) is 0 Å². The lowest BCUT2D eigenvalue weighted by Crippen LogP contribution is -3.13. The van der Waals surface area contributed by atoms with E-state index in [1.807, 2.05) is 19.1 Å². The molecular weight excluding hydrogens is 327 g/mol. The van der Waals surface area contributed by atoms with Gasteiger partial charge in [0.25, 0.3) is 5.91 Å². The van der Waals surface area contributed by atoms with Crippen molar-refractivity contribution in [2.45, 2.75) is 32.4 Å². The maximum Gasteiger partial charge on any atom is 0.279 e. The van der Waals surface area contributed by atoms with Gasteiger partial charge in [-0.3, -0.25) is 4.79 Å². The molecule has 1 fully saturated rings. The number of hydrogen-bond acceptors (Lipinski definition) is 1. The first kappa shape index (κ1) is 16.9. The molecule has 1 atom stereocenters. The van der Waals surface area contributed by atoms with Gasteiger partial charge in [-0.05, 0) is 42.8 Å². The molecule has 0 bridgehead atoms. The smallest absolute Gasteiger partial charge is 0.279 e. The van der Waals surface area contributed by atoms with Crippen LogP contribution < -0.4 is 10.2 Å². The first-order chi connectivity index (χ1) is 11.5. The minimum Gasteiger partial charge on any atom is -0.321 e. The molecule has 3 rings (SSSR count). The second-order valence-electron chi connectivity index (χ2n) is 6.42. The minimum atomic E-state index is -0.234. The SMILES string of the molecule is Cc1cc(Cl)ccc1NC(=O)C[NH+](Cc1ccc(F)cc1)C1CC1. The highest BCUT2D eigenvalue weighted by atomic mass is 35.5. The van der Waals surface area contributed by atoms with E-state index < -0.39 is 0 Å². The maximum atomic E-state index is 13.0. The average Bonchev–Trinajstić information content (AvgIpc) is 3.36. The van der Waals surface area contributed by atoms with Gasteiger partial charge in [0.1, 0.15) is 12.4 Å². The number of hydrogen-bond donors (Lipinski definition) is 2. The fourth-order valence-electron chi connectivity index (χ4n) is 2.88. The number of anilines is 1. The summed E-state index contributed by atoms with van der Waals surface area (Å²) in [6.07, 6.45) is 2.29. The standard InChI is InChI=1S/C19H20ClFN2O/c1-13-10-15(20)4-9-18(13)22-19(24)12-23(17-7-8-17)11-14-2-5-16(21)6-3-14/h2-6,9-10,17H,7-8,11-12H2,1H3,(H,22,24)/p+1. The molecule has 0 radical (unpaired) electrons. The van der Waals surface area contributed by atoms with E-state index in [1.54, 1.807) is 18.2 Å². The van der Waals surface area contributed by atoms with Crippen LogP contribution in [0.2, 0.25) is 5.02 Å². The Morgan fingerprint density at radius 3 is 2.58 bits per heavy atom. The highest BCUT2D eigenvalue weighted by Crippen LogP contribution is 2.19. The molecule has 0 heterocycles. The lowest BCUT2D eigenvalue weighted by molar-refractivity contribution is -0.916. The van der Waals surface area contributed by atoms with E-state index in [2.05, 4.69) is 5.32 Å². The van der Waals surface area contributed by atoms with Crippen molar-refractivity contribution in [3.8, 4) is 0 Å². The molecule has 5 heteroatoms. The monoisotopic (exact) mass is 347 g/mol. The van der Waals surface area contributed by atoms with Crippen molar-refractivity contribution in [1.29, 1.82) is 0 Å². The van der Waals surface area contributed by atoms with Crippen LogP contribution >= 0.6 is 11.6 Å². The van der Waals surface area contributed by atoms with E-state index in [1.165, 1.54) is 17.0 Å². The van der Waals surface area contributed by atoms with Gasteiger partial charge in [-0.1, -0.05) is 23.7 Å². The van der Waals surface area contributed by atoms with Crippen LogP contribution in [-0.4, -0.2) is 18.5 Å². The van der Waals surface area contributed by atoms with Crippen molar-refractivity contribution < 1.29 is 14.1 Å². The van der Waals surface area contributed by atoms with Crippen molar-refractivity contribution in [2.75, 3.05) is 11.9 Å². The number of amides is 1. The fraction of sp³-hybridized carbons (Fsp3) is 0.316. The van der Waals surface area contributed by atoms with Crippen LogP contribution in [0.1, 0.15) is 24.0 Å². The summed E-state index contributed by atoms with van der Waals surface area (Å²) in [7, 11) is 0. The molecule has 3 nitrogen and oxygen atoms in total. The van der Waals surface area contributed by atoms with Crippen molar-refractivity contribution in [2.24, 2.45) is 0 Å². The summed E-state index contributed by atoms with van der Waals surface area (Å²) < 4.78 is 13.0. The van der Waals surface area contributed by atoms with Crippen molar-refractivity contribution in [3.63, 3.8) is 0 Å². The molecule has 0 aliphatic heterocycles. The number of halogens is 2. The molecule has 2 aromatic rings. The molecule has 0 saturated heterocycles. The van der Waals surface area contributed by atoms with E-state index in [0.717, 1.165) is 36.2 Å². The van der Waals surface area contributed by atoms with E-state index in [4.69, 9.17) is 11.6 Å².